The third-order valence-electron chi connectivity index (χ3n) is 6.37. The number of urea groups is 2. The molecule has 0 bridgehead atoms. The number of halogens is 1. The topological polar surface area (TPSA) is 130 Å². The summed E-state index contributed by atoms with van der Waals surface area (Å²) in [7, 11) is 1.71. The maximum absolute atomic E-state index is 14.7. The van der Waals surface area contributed by atoms with E-state index in [9.17, 15) is 14.0 Å². The van der Waals surface area contributed by atoms with E-state index >= 15 is 0 Å². The van der Waals surface area contributed by atoms with Crippen molar-refractivity contribution in [2.45, 2.75) is 45.3 Å². The van der Waals surface area contributed by atoms with Crippen LogP contribution in [-0.4, -0.2) is 58.1 Å². The van der Waals surface area contributed by atoms with Gasteiger partial charge in [0.1, 0.15) is 11.6 Å². The van der Waals surface area contributed by atoms with Crippen LogP contribution in [0.3, 0.4) is 0 Å². The molecule has 1 fully saturated rings. The Hall–Kier alpha value is -4.26. The predicted octanol–water partition coefficient (Wildman–Crippen LogP) is 3.99. The van der Waals surface area contributed by atoms with Crippen LogP contribution in [-0.2, 0) is 16.8 Å². The van der Waals surface area contributed by atoms with E-state index in [4.69, 9.17) is 4.74 Å². The highest BCUT2D eigenvalue weighted by Crippen LogP contribution is 2.35. The number of anilines is 5. The molecule has 1 atom stereocenters. The van der Waals surface area contributed by atoms with Gasteiger partial charge < -0.3 is 20.7 Å². The lowest BCUT2D eigenvalue weighted by molar-refractivity contribution is 0.192. The fourth-order valence-corrected chi connectivity index (χ4v) is 4.37. The zero-order chi connectivity index (χ0) is 27.0. The lowest BCUT2D eigenvalue weighted by atomic mass is 10.1. The minimum atomic E-state index is -0.637. The van der Waals surface area contributed by atoms with Gasteiger partial charge in [0.15, 0.2) is 0 Å². The minimum Gasteiger partial charge on any atom is -0.379 e. The first-order chi connectivity index (χ1) is 18.1. The van der Waals surface area contributed by atoms with Crippen molar-refractivity contribution in [2.75, 3.05) is 46.0 Å². The Kier molecular flexibility index (Phi) is 6.61. The van der Waals surface area contributed by atoms with Gasteiger partial charge in [-0.2, -0.15) is 10.1 Å². The van der Waals surface area contributed by atoms with E-state index in [0.717, 1.165) is 5.56 Å². The number of aromatic nitrogens is 4. The second-order valence-electron chi connectivity index (χ2n) is 10.1. The minimum absolute atomic E-state index is 0.0701. The molecule has 38 heavy (non-hydrogen) atoms. The number of carbonyl (C=O) groups excluding carboxylic acids is 2. The summed E-state index contributed by atoms with van der Waals surface area (Å²) in [6.07, 6.45) is 5.55. The van der Waals surface area contributed by atoms with Crippen LogP contribution in [0.4, 0.5) is 42.8 Å². The predicted molar refractivity (Wildman–Crippen MR) is 141 cm³/mol. The maximum Gasteiger partial charge on any atom is 0.330 e. The van der Waals surface area contributed by atoms with Gasteiger partial charge >= 0.3 is 12.1 Å². The number of fused-ring (bicyclic) bond motifs is 1. The van der Waals surface area contributed by atoms with Crippen molar-refractivity contribution in [3.63, 3.8) is 0 Å². The van der Waals surface area contributed by atoms with Gasteiger partial charge in [0, 0.05) is 37.3 Å². The molecule has 12 nitrogen and oxygen atoms in total. The summed E-state index contributed by atoms with van der Waals surface area (Å²) >= 11 is 0. The Bertz CT molecular complexity index is 1360. The number of hydrogen-bond acceptors (Lipinski definition) is 7. The van der Waals surface area contributed by atoms with Crippen LogP contribution in [0.1, 0.15) is 32.8 Å². The molecule has 2 aliphatic rings. The van der Waals surface area contributed by atoms with E-state index in [-0.39, 0.29) is 29.8 Å². The molecular formula is C25H30FN9O3. The van der Waals surface area contributed by atoms with Crippen LogP contribution in [0.25, 0.3) is 0 Å². The van der Waals surface area contributed by atoms with Gasteiger partial charge in [0.2, 0.25) is 5.95 Å². The average Bonchev–Trinajstić information content (AvgIpc) is 3.57. The summed E-state index contributed by atoms with van der Waals surface area (Å²) in [6, 6.07) is 3.01. The highest BCUT2D eigenvalue weighted by Gasteiger charge is 2.39. The van der Waals surface area contributed by atoms with Crippen LogP contribution in [0, 0.1) is 5.82 Å². The molecule has 3 aromatic rings. The molecule has 5 rings (SSSR count). The van der Waals surface area contributed by atoms with E-state index in [2.05, 4.69) is 31.0 Å². The fraction of sp³-hybridized carbons (Fsp3) is 0.400. The molecule has 2 aliphatic heterocycles. The number of ether oxygens (including phenoxy) is 1. The number of benzene rings is 1. The van der Waals surface area contributed by atoms with Crippen molar-refractivity contribution in [1.82, 2.24) is 19.7 Å². The molecule has 0 radical (unpaired) electrons. The third kappa shape index (κ3) is 4.96. The van der Waals surface area contributed by atoms with Crippen molar-refractivity contribution in [2.24, 2.45) is 0 Å². The fourth-order valence-electron chi connectivity index (χ4n) is 4.37. The van der Waals surface area contributed by atoms with Crippen molar-refractivity contribution >= 4 is 40.9 Å². The molecule has 13 heteroatoms. The van der Waals surface area contributed by atoms with Crippen LogP contribution in [0.15, 0.2) is 36.8 Å². The first-order valence-corrected chi connectivity index (χ1v) is 12.3. The Morgan fingerprint density at radius 3 is 2.71 bits per heavy atom. The smallest absolute Gasteiger partial charge is 0.330 e. The van der Waals surface area contributed by atoms with Gasteiger partial charge in [-0.15, -0.1) is 0 Å². The molecule has 2 aromatic heterocycles. The van der Waals surface area contributed by atoms with E-state index in [1.54, 1.807) is 29.0 Å². The Labute approximate surface area is 219 Å². The zero-order valence-electron chi connectivity index (χ0n) is 21.7. The molecule has 1 aromatic carbocycles. The van der Waals surface area contributed by atoms with Crippen molar-refractivity contribution < 1.29 is 18.7 Å². The van der Waals surface area contributed by atoms with Crippen LogP contribution < -0.4 is 25.8 Å². The maximum atomic E-state index is 14.7. The lowest BCUT2D eigenvalue weighted by Crippen LogP contribution is -2.52. The van der Waals surface area contributed by atoms with Gasteiger partial charge in [-0.3, -0.25) is 14.5 Å². The number of nitrogens with one attached hydrogen (secondary N) is 3. The number of hydrogen-bond donors (Lipinski definition) is 3. The first kappa shape index (κ1) is 25.4. The largest absolute Gasteiger partial charge is 0.379 e. The average molecular weight is 524 g/mol. The summed E-state index contributed by atoms with van der Waals surface area (Å²) in [4.78, 5) is 38.3. The normalized spacial score (nSPS) is 17.4. The summed E-state index contributed by atoms with van der Waals surface area (Å²) in [5.74, 6) is 0.292. The first-order valence-electron chi connectivity index (χ1n) is 12.3. The molecule has 0 aliphatic carbocycles. The molecule has 0 saturated carbocycles. The Morgan fingerprint density at radius 1 is 1.21 bits per heavy atom. The van der Waals surface area contributed by atoms with Gasteiger partial charge in [-0.05, 0) is 45.4 Å². The molecule has 3 N–H and O–H groups in total. The SMILES string of the molecule is CNc1ncc2c(n1)N(C1CCOC1)C(=O)N(c1ccc(F)c(NC(=O)Nc3cnn(C(C)(C)C)c3)c1)C2. The third-order valence-corrected chi connectivity index (χ3v) is 6.37. The summed E-state index contributed by atoms with van der Waals surface area (Å²) < 4.78 is 22.0. The summed E-state index contributed by atoms with van der Waals surface area (Å²) in [5.41, 5.74) is 1.29. The zero-order valence-corrected chi connectivity index (χ0v) is 21.7. The van der Waals surface area contributed by atoms with Gasteiger partial charge in [-0.25, -0.2) is 19.0 Å². The molecule has 4 amide bonds. The molecule has 0 spiro atoms. The van der Waals surface area contributed by atoms with Crippen molar-refractivity contribution in [1.29, 1.82) is 0 Å². The lowest BCUT2D eigenvalue weighted by Gasteiger charge is -2.38. The van der Waals surface area contributed by atoms with E-state index in [1.807, 2.05) is 20.8 Å². The van der Waals surface area contributed by atoms with Crippen LogP contribution >= 0.6 is 0 Å². The van der Waals surface area contributed by atoms with E-state index in [1.165, 1.54) is 29.3 Å². The second-order valence-corrected chi connectivity index (χ2v) is 10.1. The van der Waals surface area contributed by atoms with Crippen molar-refractivity contribution in [3.8, 4) is 0 Å². The summed E-state index contributed by atoms with van der Waals surface area (Å²) in [5, 5.41) is 12.3. The monoisotopic (exact) mass is 523 g/mol. The number of amides is 4. The molecule has 200 valence electrons. The molecule has 4 heterocycles. The quantitative estimate of drug-likeness (QED) is 0.461. The van der Waals surface area contributed by atoms with Crippen LogP contribution in [0.5, 0.6) is 0 Å². The van der Waals surface area contributed by atoms with Crippen molar-refractivity contribution in [3.05, 3.63) is 48.2 Å². The molecule has 1 unspecified atom stereocenters. The Morgan fingerprint density at radius 2 is 2.03 bits per heavy atom. The molecule has 1 saturated heterocycles. The summed E-state index contributed by atoms with van der Waals surface area (Å²) in [6.45, 7) is 7.07. The van der Waals surface area contributed by atoms with Gasteiger partial charge in [-0.1, -0.05) is 0 Å². The van der Waals surface area contributed by atoms with E-state index in [0.29, 0.717) is 42.8 Å². The second kappa shape index (κ2) is 9.89. The van der Waals surface area contributed by atoms with E-state index < -0.39 is 11.8 Å². The van der Waals surface area contributed by atoms with Crippen LogP contribution in [0.2, 0.25) is 0 Å². The standard InChI is InChI=1S/C25H30FN9O3/c1-25(2,3)34-13-16(11-29-34)30-23(36)31-20-9-17(5-6-19(20)26)33-12-15-10-28-22(27-4)32-21(15)35(24(33)37)18-7-8-38-14-18/h5-6,9-11,13,18H,7-8,12,14H2,1-4H3,(H,27,28,32)(H2,30,31,36). The van der Waals surface area contributed by atoms with Gasteiger partial charge in [0.25, 0.3) is 0 Å². The highest BCUT2D eigenvalue weighted by molar-refractivity contribution is 6.06. The van der Waals surface area contributed by atoms with Gasteiger partial charge in [0.05, 0.1) is 42.3 Å². The number of rotatable bonds is 5. The number of nitrogens with zero attached hydrogens (tertiary/aromatic N) is 6. The number of carbonyl (C=O) groups is 2. The molecular weight excluding hydrogens is 493 g/mol. The highest BCUT2D eigenvalue weighted by atomic mass is 19.1. The Balaban J connectivity index is 1.39.